The van der Waals surface area contributed by atoms with Gasteiger partial charge >= 0.3 is 0 Å². The Bertz CT molecular complexity index is 345. The zero-order chi connectivity index (χ0) is 13.8. The minimum Gasteiger partial charge on any atom is -0.317 e. The Balaban J connectivity index is 2.58. The smallest absolute Gasteiger partial charge is 0.00383 e. The lowest BCUT2D eigenvalue weighted by Crippen LogP contribution is -2.24. The van der Waals surface area contributed by atoms with Crippen molar-refractivity contribution < 1.29 is 0 Å². The first-order valence-corrected chi connectivity index (χ1v) is 7.09. The predicted molar refractivity (Wildman–Crippen MR) is 81.1 cm³/mol. The van der Waals surface area contributed by atoms with Crippen molar-refractivity contribution in [1.29, 1.82) is 0 Å². The van der Waals surface area contributed by atoms with Crippen LogP contribution < -0.4 is 5.32 Å². The van der Waals surface area contributed by atoms with Gasteiger partial charge in [0.2, 0.25) is 0 Å². The fourth-order valence-electron chi connectivity index (χ4n) is 2.35. The molecule has 1 heteroatoms. The van der Waals surface area contributed by atoms with E-state index in [1.165, 1.54) is 24.0 Å². The summed E-state index contributed by atoms with van der Waals surface area (Å²) < 4.78 is 0. The molecule has 1 aromatic carbocycles. The van der Waals surface area contributed by atoms with Crippen molar-refractivity contribution in [3.8, 4) is 0 Å². The van der Waals surface area contributed by atoms with Gasteiger partial charge in [0, 0.05) is 6.04 Å². The predicted octanol–water partition coefficient (Wildman–Crippen LogP) is 4.16. The van der Waals surface area contributed by atoms with E-state index in [9.17, 15) is 0 Å². The van der Waals surface area contributed by atoms with Gasteiger partial charge in [0.1, 0.15) is 0 Å². The van der Waals surface area contributed by atoms with E-state index >= 15 is 0 Å². The van der Waals surface area contributed by atoms with Crippen LogP contribution >= 0.6 is 0 Å². The Labute approximate surface area is 113 Å². The summed E-state index contributed by atoms with van der Waals surface area (Å²) in [4.78, 5) is 0. The zero-order valence-electron chi connectivity index (χ0n) is 12.9. The van der Waals surface area contributed by atoms with Crippen molar-refractivity contribution in [2.24, 2.45) is 5.92 Å². The topological polar surface area (TPSA) is 12.0 Å². The van der Waals surface area contributed by atoms with Gasteiger partial charge < -0.3 is 5.32 Å². The Kier molecular flexibility index (Phi) is 5.40. The van der Waals surface area contributed by atoms with E-state index in [-0.39, 0.29) is 5.41 Å². The summed E-state index contributed by atoms with van der Waals surface area (Å²) in [5.74, 6) is 0.730. The second kappa shape index (κ2) is 6.38. The van der Waals surface area contributed by atoms with E-state index in [2.05, 4.69) is 64.2 Å². The van der Waals surface area contributed by atoms with Gasteiger partial charge in [-0.15, -0.1) is 0 Å². The second-order valence-electron chi connectivity index (χ2n) is 6.68. The molecule has 0 heterocycles. The lowest BCUT2D eigenvalue weighted by atomic mass is 9.86. The molecule has 1 N–H and O–H groups in total. The first-order valence-electron chi connectivity index (χ1n) is 7.09. The average molecular weight is 247 g/mol. The molecule has 0 saturated heterocycles. The van der Waals surface area contributed by atoms with Crippen molar-refractivity contribution in [1.82, 2.24) is 5.32 Å². The SMILES string of the molecule is CNC(C)CC(C)Cc1ccc(C(C)(C)C)cc1. The highest BCUT2D eigenvalue weighted by atomic mass is 14.8. The van der Waals surface area contributed by atoms with Crippen LogP contribution in [0, 0.1) is 5.92 Å². The molecule has 0 saturated carbocycles. The highest BCUT2D eigenvalue weighted by molar-refractivity contribution is 5.27. The molecule has 0 bridgehead atoms. The van der Waals surface area contributed by atoms with Crippen LogP contribution in [0.1, 0.15) is 52.2 Å². The number of benzene rings is 1. The highest BCUT2D eigenvalue weighted by Crippen LogP contribution is 2.23. The third-order valence-electron chi connectivity index (χ3n) is 3.65. The van der Waals surface area contributed by atoms with Gasteiger partial charge in [-0.25, -0.2) is 0 Å². The molecule has 2 atom stereocenters. The second-order valence-corrected chi connectivity index (χ2v) is 6.68. The average Bonchev–Trinajstić information content (AvgIpc) is 2.28. The molecule has 102 valence electrons. The van der Waals surface area contributed by atoms with E-state index in [0.717, 1.165) is 5.92 Å². The van der Waals surface area contributed by atoms with Gasteiger partial charge in [-0.1, -0.05) is 52.0 Å². The third kappa shape index (κ3) is 4.81. The quantitative estimate of drug-likeness (QED) is 0.824. The first kappa shape index (κ1) is 15.2. The number of hydrogen-bond donors (Lipinski definition) is 1. The van der Waals surface area contributed by atoms with E-state index in [1.54, 1.807) is 0 Å². The van der Waals surface area contributed by atoms with Crippen molar-refractivity contribution in [2.45, 2.75) is 58.9 Å². The molecule has 1 rings (SSSR count). The molecule has 2 unspecified atom stereocenters. The van der Waals surface area contributed by atoms with Gasteiger partial charge in [-0.2, -0.15) is 0 Å². The van der Waals surface area contributed by atoms with Crippen LogP contribution in [0.25, 0.3) is 0 Å². The van der Waals surface area contributed by atoms with Crippen molar-refractivity contribution in [2.75, 3.05) is 7.05 Å². The van der Waals surface area contributed by atoms with Crippen LogP contribution in [-0.2, 0) is 11.8 Å². The molecule has 0 aliphatic carbocycles. The molecule has 0 aliphatic rings. The minimum absolute atomic E-state index is 0.255. The monoisotopic (exact) mass is 247 g/mol. The Morgan fingerprint density at radius 2 is 1.61 bits per heavy atom. The summed E-state index contributed by atoms with van der Waals surface area (Å²) in [6, 6.07) is 9.75. The van der Waals surface area contributed by atoms with Crippen molar-refractivity contribution in [3.05, 3.63) is 35.4 Å². The lowest BCUT2D eigenvalue weighted by molar-refractivity contribution is 0.440. The maximum Gasteiger partial charge on any atom is 0.00383 e. The summed E-state index contributed by atoms with van der Waals surface area (Å²) in [6.07, 6.45) is 2.41. The number of rotatable bonds is 5. The molecule has 1 nitrogen and oxygen atoms in total. The van der Waals surface area contributed by atoms with Crippen LogP contribution in [0.15, 0.2) is 24.3 Å². The number of hydrogen-bond acceptors (Lipinski definition) is 1. The zero-order valence-corrected chi connectivity index (χ0v) is 12.9. The maximum absolute atomic E-state index is 3.31. The van der Waals surface area contributed by atoms with Crippen molar-refractivity contribution >= 4 is 0 Å². The summed E-state index contributed by atoms with van der Waals surface area (Å²) in [6.45, 7) is 11.4. The fourth-order valence-corrected chi connectivity index (χ4v) is 2.35. The largest absolute Gasteiger partial charge is 0.317 e. The molecular weight excluding hydrogens is 218 g/mol. The van der Waals surface area contributed by atoms with E-state index in [0.29, 0.717) is 6.04 Å². The number of nitrogens with one attached hydrogen (secondary N) is 1. The minimum atomic E-state index is 0.255. The molecule has 0 amide bonds. The van der Waals surface area contributed by atoms with Crippen molar-refractivity contribution in [3.63, 3.8) is 0 Å². The molecule has 0 radical (unpaired) electrons. The Hall–Kier alpha value is -0.820. The molecule has 0 aromatic heterocycles. The van der Waals surface area contributed by atoms with E-state index < -0.39 is 0 Å². The van der Waals surface area contributed by atoms with Gasteiger partial charge in [-0.05, 0) is 49.3 Å². The molecule has 18 heavy (non-hydrogen) atoms. The van der Waals surface area contributed by atoms with Crippen LogP contribution in [-0.4, -0.2) is 13.1 Å². The van der Waals surface area contributed by atoms with Crippen LogP contribution in [0.4, 0.5) is 0 Å². The molecule has 1 aromatic rings. The van der Waals surface area contributed by atoms with Crippen LogP contribution in [0.2, 0.25) is 0 Å². The molecule has 0 fully saturated rings. The van der Waals surface area contributed by atoms with Gasteiger partial charge in [0.15, 0.2) is 0 Å². The van der Waals surface area contributed by atoms with E-state index in [1.807, 2.05) is 7.05 Å². The van der Waals surface area contributed by atoms with Crippen LogP contribution in [0.5, 0.6) is 0 Å². The van der Waals surface area contributed by atoms with Gasteiger partial charge in [0.05, 0.1) is 0 Å². The molecular formula is C17H29N. The summed E-state index contributed by atoms with van der Waals surface area (Å²) >= 11 is 0. The normalized spacial score (nSPS) is 15.4. The Morgan fingerprint density at radius 1 is 1.06 bits per heavy atom. The summed E-state index contributed by atoms with van der Waals surface area (Å²) in [5, 5.41) is 3.31. The Morgan fingerprint density at radius 3 is 2.06 bits per heavy atom. The molecule has 0 aliphatic heterocycles. The van der Waals surface area contributed by atoms with Crippen LogP contribution in [0.3, 0.4) is 0 Å². The van der Waals surface area contributed by atoms with E-state index in [4.69, 9.17) is 0 Å². The maximum atomic E-state index is 3.31. The first-order chi connectivity index (χ1) is 8.32. The summed E-state index contributed by atoms with van der Waals surface area (Å²) in [7, 11) is 2.04. The van der Waals surface area contributed by atoms with Gasteiger partial charge in [-0.3, -0.25) is 0 Å². The lowest BCUT2D eigenvalue weighted by Gasteiger charge is -2.20. The van der Waals surface area contributed by atoms with Gasteiger partial charge in [0.25, 0.3) is 0 Å². The molecule has 0 spiro atoms. The standard InChI is InChI=1S/C17H29N/c1-13(11-14(2)18-6)12-15-7-9-16(10-8-15)17(3,4)5/h7-10,13-14,18H,11-12H2,1-6H3. The fraction of sp³-hybridized carbons (Fsp3) is 0.647. The summed E-state index contributed by atoms with van der Waals surface area (Å²) in [5.41, 5.74) is 3.13. The highest BCUT2D eigenvalue weighted by Gasteiger charge is 2.13. The third-order valence-corrected chi connectivity index (χ3v) is 3.65.